The molecule has 1 heterocycles. The molecular formula is C18H20N2O3S. The maximum absolute atomic E-state index is 12.0. The summed E-state index contributed by atoms with van der Waals surface area (Å²) >= 11 is 1.52. The number of nitrogens with one attached hydrogen (secondary N) is 2. The Morgan fingerprint density at radius 3 is 2.42 bits per heavy atom. The second-order valence-corrected chi connectivity index (χ2v) is 7.04. The van der Waals surface area contributed by atoms with Gasteiger partial charge in [-0.05, 0) is 35.8 Å². The third kappa shape index (κ3) is 3.83. The Morgan fingerprint density at radius 2 is 1.79 bits per heavy atom. The molecule has 6 heteroatoms. The first kappa shape index (κ1) is 16.7. The highest BCUT2D eigenvalue weighted by atomic mass is 32.1. The Morgan fingerprint density at radius 1 is 1.08 bits per heavy atom. The van der Waals surface area contributed by atoms with Crippen LogP contribution in [0.1, 0.15) is 23.3 Å². The predicted molar refractivity (Wildman–Crippen MR) is 92.2 cm³/mol. The van der Waals surface area contributed by atoms with Crippen LogP contribution >= 0.6 is 11.3 Å². The molecule has 0 unspecified atom stereocenters. The van der Waals surface area contributed by atoms with Crippen LogP contribution < -0.4 is 10.6 Å². The van der Waals surface area contributed by atoms with Crippen LogP contribution in [0.4, 0.5) is 0 Å². The third-order valence-corrected chi connectivity index (χ3v) is 5.13. The molecule has 1 aliphatic rings. The minimum absolute atomic E-state index is 0.0347. The van der Waals surface area contributed by atoms with Crippen molar-refractivity contribution in [1.82, 2.24) is 10.6 Å². The number of rotatable bonds is 6. The number of thiophene rings is 1. The van der Waals surface area contributed by atoms with Crippen molar-refractivity contribution >= 4 is 23.2 Å². The van der Waals surface area contributed by atoms with E-state index in [4.69, 9.17) is 0 Å². The molecule has 0 bridgehead atoms. The van der Waals surface area contributed by atoms with Gasteiger partial charge in [0, 0.05) is 4.88 Å². The summed E-state index contributed by atoms with van der Waals surface area (Å²) in [6.45, 7) is 0.364. The summed E-state index contributed by atoms with van der Waals surface area (Å²) in [5.74, 6) is -1.29. The first-order valence-electron chi connectivity index (χ1n) is 7.96. The SMILES string of the molecule is O=C(NCc1cccs1)C(=O)NC[C@](O)(c1ccccc1)C1CC1. The minimum atomic E-state index is -1.12. The van der Waals surface area contributed by atoms with Gasteiger partial charge in [-0.15, -0.1) is 11.3 Å². The number of aliphatic hydroxyl groups is 1. The highest BCUT2D eigenvalue weighted by molar-refractivity contribution is 7.09. The Balaban J connectivity index is 1.56. The van der Waals surface area contributed by atoms with Gasteiger partial charge in [0.25, 0.3) is 0 Å². The number of hydrogen-bond acceptors (Lipinski definition) is 4. The minimum Gasteiger partial charge on any atom is -0.383 e. The van der Waals surface area contributed by atoms with E-state index >= 15 is 0 Å². The van der Waals surface area contributed by atoms with Crippen molar-refractivity contribution in [3.63, 3.8) is 0 Å². The molecule has 1 atom stereocenters. The fraction of sp³-hybridized carbons (Fsp3) is 0.333. The smallest absolute Gasteiger partial charge is 0.309 e. The van der Waals surface area contributed by atoms with Gasteiger partial charge in [-0.3, -0.25) is 9.59 Å². The van der Waals surface area contributed by atoms with E-state index in [1.807, 2.05) is 47.8 Å². The van der Waals surface area contributed by atoms with E-state index in [2.05, 4.69) is 10.6 Å². The standard InChI is InChI=1S/C18H20N2O3S/c21-16(19-11-15-7-4-10-24-15)17(22)20-12-18(23,14-8-9-14)13-5-2-1-3-6-13/h1-7,10,14,23H,8-9,11-12H2,(H,19,21)(H,20,22)/t18-/m0/s1. The molecule has 1 saturated carbocycles. The molecule has 126 valence electrons. The Labute approximate surface area is 144 Å². The third-order valence-electron chi connectivity index (χ3n) is 4.25. The molecule has 1 fully saturated rings. The van der Waals surface area contributed by atoms with Gasteiger partial charge in [0.1, 0.15) is 5.60 Å². The summed E-state index contributed by atoms with van der Waals surface area (Å²) in [5.41, 5.74) is -0.350. The van der Waals surface area contributed by atoms with Crippen molar-refractivity contribution in [2.24, 2.45) is 5.92 Å². The lowest BCUT2D eigenvalue weighted by Gasteiger charge is -2.29. The van der Waals surface area contributed by atoms with Crippen molar-refractivity contribution in [1.29, 1.82) is 0 Å². The second-order valence-electron chi connectivity index (χ2n) is 6.01. The van der Waals surface area contributed by atoms with Crippen molar-refractivity contribution in [3.05, 3.63) is 58.3 Å². The molecular weight excluding hydrogens is 324 g/mol. The summed E-state index contributed by atoms with van der Waals surface area (Å²) in [4.78, 5) is 24.9. The first-order valence-corrected chi connectivity index (χ1v) is 8.84. The van der Waals surface area contributed by atoms with E-state index in [9.17, 15) is 14.7 Å². The number of benzene rings is 1. The van der Waals surface area contributed by atoms with Crippen molar-refractivity contribution in [3.8, 4) is 0 Å². The van der Waals surface area contributed by atoms with Gasteiger partial charge in [-0.1, -0.05) is 36.4 Å². The molecule has 0 radical (unpaired) electrons. The number of amides is 2. The van der Waals surface area contributed by atoms with E-state index in [1.165, 1.54) is 11.3 Å². The summed E-state index contributed by atoms with van der Waals surface area (Å²) in [6.07, 6.45) is 1.84. The first-order chi connectivity index (χ1) is 11.6. The van der Waals surface area contributed by atoms with Gasteiger partial charge in [-0.2, -0.15) is 0 Å². The lowest BCUT2D eigenvalue weighted by atomic mass is 9.88. The van der Waals surface area contributed by atoms with Crippen molar-refractivity contribution in [2.45, 2.75) is 25.0 Å². The molecule has 1 aromatic heterocycles. The number of hydrogen-bond donors (Lipinski definition) is 3. The predicted octanol–water partition coefficient (Wildman–Crippen LogP) is 1.78. The largest absolute Gasteiger partial charge is 0.383 e. The van der Waals surface area contributed by atoms with Gasteiger partial charge < -0.3 is 15.7 Å². The number of carbonyl (C=O) groups excluding carboxylic acids is 2. The van der Waals surface area contributed by atoms with Crippen LogP contribution in [0.15, 0.2) is 47.8 Å². The van der Waals surface area contributed by atoms with E-state index in [1.54, 1.807) is 0 Å². The Kier molecular flexibility index (Phi) is 4.97. The van der Waals surface area contributed by atoms with Crippen LogP contribution in [0.2, 0.25) is 0 Å². The van der Waals surface area contributed by atoms with Gasteiger partial charge in [0.05, 0.1) is 13.1 Å². The monoisotopic (exact) mass is 344 g/mol. The lowest BCUT2D eigenvalue weighted by Crippen LogP contribution is -2.47. The zero-order valence-electron chi connectivity index (χ0n) is 13.2. The molecule has 0 spiro atoms. The van der Waals surface area contributed by atoms with Crippen LogP contribution in [-0.2, 0) is 21.7 Å². The molecule has 1 aromatic carbocycles. The lowest BCUT2D eigenvalue weighted by molar-refractivity contribution is -0.140. The van der Waals surface area contributed by atoms with Gasteiger partial charge >= 0.3 is 11.8 Å². The van der Waals surface area contributed by atoms with Crippen molar-refractivity contribution in [2.75, 3.05) is 6.54 Å². The van der Waals surface area contributed by atoms with Crippen LogP contribution in [0.5, 0.6) is 0 Å². The summed E-state index contributed by atoms with van der Waals surface area (Å²) in [7, 11) is 0. The van der Waals surface area contributed by atoms with Crippen molar-refractivity contribution < 1.29 is 14.7 Å². The molecule has 0 aliphatic heterocycles. The van der Waals surface area contributed by atoms with Gasteiger partial charge in [-0.25, -0.2) is 0 Å². The molecule has 2 amide bonds. The zero-order chi connectivity index (χ0) is 17.0. The van der Waals surface area contributed by atoms with Crippen LogP contribution in [0.25, 0.3) is 0 Å². The summed E-state index contributed by atoms with van der Waals surface area (Å²) < 4.78 is 0. The Bertz CT molecular complexity index is 698. The molecule has 3 N–H and O–H groups in total. The fourth-order valence-electron chi connectivity index (χ4n) is 2.73. The van der Waals surface area contributed by atoms with E-state index < -0.39 is 17.4 Å². The second kappa shape index (κ2) is 7.15. The highest BCUT2D eigenvalue weighted by Crippen LogP contribution is 2.45. The molecule has 5 nitrogen and oxygen atoms in total. The summed E-state index contributed by atoms with van der Waals surface area (Å²) in [5, 5.41) is 18.1. The fourth-order valence-corrected chi connectivity index (χ4v) is 3.37. The molecule has 2 aromatic rings. The van der Waals surface area contributed by atoms with E-state index in [0.717, 1.165) is 23.3 Å². The topological polar surface area (TPSA) is 78.4 Å². The molecule has 0 saturated heterocycles. The van der Waals surface area contributed by atoms with Crippen LogP contribution in [-0.4, -0.2) is 23.5 Å². The average molecular weight is 344 g/mol. The zero-order valence-corrected chi connectivity index (χ0v) is 14.0. The van der Waals surface area contributed by atoms with Gasteiger partial charge in [0.2, 0.25) is 0 Å². The molecule has 24 heavy (non-hydrogen) atoms. The summed E-state index contributed by atoms with van der Waals surface area (Å²) in [6, 6.07) is 13.1. The Hall–Kier alpha value is -2.18. The number of carbonyl (C=O) groups is 2. The van der Waals surface area contributed by atoms with Crippen LogP contribution in [0, 0.1) is 5.92 Å². The quantitative estimate of drug-likeness (QED) is 0.699. The average Bonchev–Trinajstić information content (AvgIpc) is 3.35. The normalized spacial score (nSPS) is 16.2. The molecule has 1 aliphatic carbocycles. The van der Waals surface area contributed by atoms with E-state index in [-0.39, 0.29) is 12.5 Å². The van der Waals surface area contributed by atoms with Gasteiger partial charge in [0.15, 0.2) is 0 Å². The highest BCUT2D eigenvalue weighted by Gasteiger charge is 2.45. The maximum Gasteiger partial charge on any atom is 0.309 e. The van der Waals surface area contributed by atoms with E-state index in [0.29, 0.717) is 6.54 Å². The van der Waals surface area contributed by atoms with Crippen LogP contribution in [0.3, 0.4) is 0 Å². The maximum atomic E-state index is 12.0. The molecule has 3 rings (SSSR count).